The minimum Gasteiger partial charge on any atom is -0.444 e. The van der Waals surface area contributed by atoms with E-state index in [-0.39, 0.29) is 5.12 Å². The summed E-state index contributed by atoms with van der Waals surface area (Å²) in [6.07, 6.45) is -0.443. The molecular formula is C17H21NO3S. The van der Waals surface area contributed by atoms with Crippen molar-refractivity contribution in [3.05, 3.63) is 35.4 Å². The standard InChI is InChI=1S/C17H21NO3S/c1-13(19)22-10-6-9-14-7-5-8-15(11-14)12-18-16(20)21-17(2,3)4/h5,7-8,11H,10,12H2,1-4H3,(H,18,20). The van der Waals surface area contributed by atoms with Crippen LogP contribution in [0.5, 0.6) is 0 Å². The number of carbonyl (C=O) groups is 2. The van der Waals surface area contributed by atoms with Crippen LogP contribution in [0.1, 0.15) is 38.8 Å². The van der Waals surface area contributed by atoms with E-state index in [9.17, 15) is 9.59 Å². The molecule has 0 saturated carbocycles. The average Bonchev–Trinajstić information content (AvgIpc) is 2.40. The fraction of sp³-hybridized carbons (Fsp3) is 0.412. The van der Waals surface area contributed by atoms with E-state index in [1.54, 1.807) is 0 Å². The molecule has 0 atom stereocenters. The van der Waals surface area contributed by atoms with Gasteiger partial charge in [-0.1, -0.05) is 35.7 Å². The maximum absolute atomic E-state index is 11.6. The van der Waals surface area contributed by atoms with Crippen LogP contribution in [0.4, 0.5) is 4.79 Å². The van der Waals surface area contributed by atoms with Gasteiger partial charge in [0.05, 0.1) is 5.75 Å². The summed E-state index contributed by atoms with van der Waals surface area (Å²) in [6, 6.07) is 7.59. The third-order valence-corrected chi connectivity index (χ3v) is 3.04. The number of hydrogen-bond acceptors (Lipinski definition) is 4. The number of hydrogen-bond donors (Lipinski definition) is 1. The molecule has 1 amide bonds. The Kier molecular flexibility index (Phi) is 7.00. The predicted molar refractivity (Wildman–Crippen MR) is 89.5 cm³/mol. The number of carbonyl (C=O) groups excluding carboxylic acids is 2. The van der Waals surface area contributed by atoms with Gasteiger partial charge >= 0.3 is 6.09 Å². The molecule has 118 valence electrons. The third kappa shape index (κ3) is 8.38. The summed E-state index contributed by atoms with van der Waals surface area (Å²) in [5.41, 5.74) is 1.29. The topological polar surface area (TPSA) is 55.4 Å². The van der Waals surface area contributed by atoms with Crippen molar-refractivity contribution in [2.75, 3.05) is 5.75 Å². The first kappa shape index (κ1) is 18.1. The van der Waals surface area contributed by atoms with Crippen molar-refractivity contribution in [2.45, 2.75) is 39.8 Å². The van der Waals surface area contributed by atoms with Gasteiger partial charge in [0, 0.05) is 19.0 Å². The van der Waals surface area contributed by atoms with Crippen molar-refractivity contribution < 1.29 is 14.3 Å². The van der Waals surface area contributed by atoms with Crippen LogP contribution in [0.15, 0.2) is 24.3 Å². The zero-order chi connectivity index (χ0) is 16.6. The smallest absolute Gasteiger partial charge is 0.407 e. The lowest BCUT2D eigenvalue weighted by Crippen LogP contribution is -2.32. The van der Waals surface area contributed by atoms with Gasteiger partial charge in [0.25, 0.3) is 0 Å². The molecule has 0 spiro atoms. The van der Waals surface area contributed by atoms with E-state index in [0.717, 1.165) is 11.1 Å². The minimum absolute atomic E-state index is 0.0598. The third-order valence-electron chi connectivity index (χ3n) is 2.34. The lowest BCUT2D eigenvalue weighted by molar-refractivity contribution is -0.109. The fourth-order valence-electron chi connectivity index (χ4n) is 1.52. The minimum atomic E-state index is -0.508. The molecule has 0 saturated heterocycles. The van der Waals surface area contributed by atoms with Crippen LogP contribution in [0.25, 0.3) is 0 Å². The van der Waals surface area contributed by atoms with Crippen molar-refractivity contribution in [1.29, 1.82) is 0 Å². The summed E-state index contributed by atoms with van der Waals surface area (Å²) in [5.74, 6) is 6.42. The number of nitrogens with one attached hydrogen (secondary N) is 1. The first-order valence-electron chi connectivity index (χ1n) is 6.94. The summed E-state index contributed by atoms with van der Waals surface area (Å²) in [6.45, 7) is 7.37. The highest BCUT2D eigenvalue weighted by Gasteiger charge is 2.15. The van der Waals surface area contributed by atoms with E-state index in [4.69, 9.17) is 4.74 Å². The second-order valence-corrected chi connectivity index (χ2v) is 6.79. The van der Waals surface area contributed by atoms with E-state index in [2.05, 4.69) is 17.2 Å². The van der Waals surface area contributed by atoms with E-state index >= 15 is 0 Å². The second kappa shape index (κ2) is 8.50. The van der Waals surface area contributed by atoms with Crippen molar-refractivity contribution in [2.24, 2.45) is 0 Å². The molecule has 0 aliphatic rings. The number of alkyl carbamates (subject to hydrolysis) is 1. The van der Waals surface area contributed by atoms with E-state index in [1.165, 1.54) is 18.7 Å². The summed E-state index contributed by atoms with van der Waals surface area (Å²) in [7, 11) is 0. The normalized spacial score (nSPS) is 10.4. The fourth-order valence-corrected chi connectivity index (χ4v) is 1.87. The molecule has 0 unspecified atom stereocenters. The van der Waals surface area contributed by atoms with Gasteiger partial charge in [0.1, 0.15) is 5.60 Å². The first-order valence-corrected chi connectivity index (χ1v) is 7.93. The van der Waals surface area contributed by atoms with Crippen molar-refractivity contribution in [1.82, 2.24) is 5.32 Å². The highest BCUT2D eigenvalue weighted by atomic mass is 32.2. The van der Waals surface area contributed by atoms with Crippen molar-refractivity contribution in [3.63, 3.8) is 0 Å². The van der Waals surface area contributed by atoms with E-state index < -0.39 is 11.7 Å². The Morgan fingerprint density at radius 1 is 1.32 bits per heavy atom. The number of amides is 1. The highest BCUT2D eigenvalue weighted by Crippen LogP contribution is 2.08. The molecule has 0 fully saturated rings. The van der Waals surface area contributed by atoms with Gasteiger partial charge in [-0.25, -0.2) is 4.79 Å². The molecule has 0 radical (unpaired) electrons. The van der Waals surface area contributed by atoms with Gasteiger partial charge in [-0.15, -0.1) is 0 Å². The summed E-state index contributed by atoms with van der Waals surface area (Å²) in [5, 5.41) is 2.77. The van der Waals surface area contributed by atoms with Crippen LogP contribution in [-0.2, 0) is 16.1 Å². The monoisotopic (exact) mass is 319 g/mol. The van der Waals surface area contributed by atoms with Crippen molar-refractivity contribution >= 4 is 23.0 Å². The predicted octanol–water partition coefficient (Wildman–Crippen LogP) is 3.34. The van der Waals surface area contributed by atoms with Gasteiger partial charge < -0.3 is 10.1 Å². The lowest BCUT2D eigenvalue weighted by Gasteiger charge is -2.19. The molecule has 4 nitrogen and oxygen atoms in total. The zero-order valence-corrected chi connectivity index (χ0v) is 14.2. The molecule has 1 aromatic carbocycles. The highest BCUT2D eigenvalue weighted by molar-refractivity contribution is 8.13. The average molecular weight is 319 g/mol. The molecule has 1 N–H and O–H groups in total. The van der Waals surface area contributed by atoms with Gasteiger partial charge in [-0.05, 0) is 38.5 Å². The molecule has 0 aliphatic heterocycles. The van der Waals surface area contributed by atoms with E-state index in [0.29, 0.717) is 12.3 Å². The zero-order valence-electron chi connectivity index (χ0n) is 13.4. The number of benzene rings is 1. The Morgan fingerprint density at radius 3 is 2.68 bits per heavy atom. The molecule has 0 aliphatic carbocycles. The number of ether oxygens (including phenoxy) is 1. The molecule has 5 heteroatoms. The second-order valence-electron chi connectivity index (χ2n) is 5.64. The van der Waals surface area contributed by atoms with Crippen LogP contribution in [0, 0.1) is 11.8 Å². The van der Waals surface area contributed by atoms with Gasteiger partial charge in [0.15, 0.2) is 5.12 Å². The molecule has 0 aromatic heterocycles. The van der Waals surface area contributed by atoms with Gasteiger partial charge in [0.2, 0.25) is 0 Å². The van der Waals surface area contributed by atoms with Gasteiger partial charge in [-0.2, -0.15) is 0 Å². The molecule has 1 aromatic rings. The van der Waals surface area contributed by atoms with Crippen molar-refractivity contribution in [3.8, 4) is 11.8 Å². The molecule has 22 heavy (non-hydrogen) atoms. The molecule has 1 rings (SSSR count). The maximum Gasteiger partial charge on any atom is 0.407 e. The van der Waals surface area contributed by atoms with Crippen LogP contribution in [-0.4, -0.2) is 22.6 Å². The quantitative estimate of drug-likeness (QED) is 0.868. The van der Waals surface area contributed by atoms with Crippen LogP contribution in [0.2, 0.25) is 0 Å². The Bertz CT molecular complexity index is 594. The molecule has 0 bridgehead atoms. The molecule has 0 heterocycles. The summed E-state index contributed by atoms with van der Waals surface area (Å²) >= 11 is 1.19. The SMILES string of the molecule is CC(=O)SCC#Cc1cccc(CNC(=O)OC(C)(C)C)c1. The first-order chi connectivity index (χ1) is 10.3. The van der Waals surface area contributed by atoms with E-state index in [1.807, 2.05) is 45.0 Å². The number of rotatable bonds is 3. The largest absolute Gasteiger partial charge is 0.444 e. The number of thioether (sulfide) groups is 1. The Morgan fingerprint density at radius 2 is 2.05 bits per heavy atom. The summed E-state index contributed by atoms with van der Waals surface area (Å²) in [4.78, 5) is 22.4. The van der Waals surface area contributed by atoms with Crippen LogP contribution < -0.4 is 5.32 Å². The Balaban J connectivity index is 2.54. The lowest BCUT2D eigenvalue weighted by atomic mass is 10.1. The maximum atomic E-state index is 11.6. The Hall–Kier alpha value is -1.93. The summed E-state index contributed by atoms with van der Waals surface area (Å²) < 4.78 is 5.18. The van der Waals surface area contributed by atoms with Crippen LogP contribution in [0.3, 0.4) is 0 Å². The Labute approximate surface area is 136 Å². The van der Waals surface area contributed by atoms with Crippen LogP contribution >= 0.6 is 11.8 Å². The van der Waals surface area contributed by atoms with Gasteiger partial charge in [-0.3, -0.25) is 4.79 Å². The molecular weight excluding hydrogens is 298 g/mol.